The van der Waals surface area contributed by atoms with Crippen molar-refractivity contribution in [3.8, 4) is 5.75 Å². The number of hydrogen-bond acceptors (Lipinski definition) is 5. The summed E-state index contributed by atoms with van der Waals surface area (Å²) in [6.07, 6.45) is 2.27. The van der Waals surface area contributed by atoms with E-state index in [0.717, 1.165) is 29.7 Å². The first-order chi connectivity index (χ1) is 13.8. The molecule has 0 fully saturated rings. The van der Waals surface area contributed by atoms with E-state index in [1.807, 2.05) is 24.1 Å². The molecule has 0 radical (unpaired) electrons. The zero-order valence-electron chi connectivity index (χ0n) is 17.9. The lowest BCUT2D eigenvalue weighted by molar-refractivity contribution is -0.638. The molecule has 1 aliphatic rings. The normalized spacial score (nSPS) is 15.5. The molecule has 1 aromatic rings. The summed E-state index contributed by atoms with van der Waals surface area (Å²) in [5, 5.41) is 13.8. The molecule has 8 heteroatoms. The van der Waals surface area contributed by atoms with E-state index in [1.54, 1.807) is 25.9 Å². The first-order valence-electron chi connectivity index (χ1n) is 9.96. The molecule has 0 spiro atoms. The lowest BCUT2D eigenvalue weighted by Crippen LogP contribution is -2.79. The van der Waals surface area contributed by atoms with Crippen LogP contribution in [0.4, 0.5) is 5.69 Å². The average Bonchev–Trinajstić information content (AvgIpc) is 2.68. The van der Waals surface area contributed by atoms with Crippen molar-refractivity contribution in [1.82, 2.24) is 9.91 Å². The fraction of sp³-hybridized carbons (Fsp3) is 0.571. The van der Waals surface area contributed by atoms with E-state index >= 15 is 0 Å². The van der Waals surface area contributed by atoms with E-state index in [9.17, 15) is 9.59 Å². The zero-order chi connectivity index (χ0) is 21.6. The maximum Gasteiger partial charge on any atom is 0.259 e. The topological polar surface area (TPSA) is 87.3 Å². The summed E-state index contributed by atoms with van der Waals surface area (Å²) < 4.78 is 6.01. The summed E-state index contributed by atoms with van der Waals surface area (Å²) in [5.74, 6) is 0.559. The molecule has 1 atom stereocenters. The lowest BCUT2D eigenvalue weighted by Gasteiger charge is -2.36. The van der Waals surface area contributed by atoms with Gasteiger partial charge in [-0.2, -0.15) is 5.01 Å². The van der Waals surface area contributed by atoms with Crippen LogP contribution in [0.5, 0.6) is 5.75 Å². The van der Waals surface area contributed by atoms with E-state index in [1.165, 1.54) is 4.90 Å². The van der Waals surface area contributed by atoms with E-state index < -0.39 is 0 Å². The Labute approximate surface area is 172 Å². The number of benzene rings is 1. The molecule has 0 unspecified atom stereocenters. The molecule has 1 aromatic carbocycles. The molecular formula is C21H33N4O4+. The standard InChI is InChI=1S/C21H32N4O4/c1-15-6-8-18-19(25(15)16(2)27)9-7-17(10-11-24(22-3)12-13-26)21(18)29-14-20(28)23(4)5/h7,9,15,26H,3,6,8,10-14H2,1-2,4-5H3/p+1/t15-/m0/s1. The Kier molecular flexibility index (Phi) is 8.01. The van der Waals surface area contributed by atoms with Gasteiger partial charge in [-0.05, 0) is 37.8 Å². The van der Waals surface area contributed by atoms with Crippen molar-refractivity contribution < 1.29 is 24.5 Å². The van der Waals surface area contributed by atoms with Crippen molar-refractivity contribution in [3.05, 3.63) is 23.3 Å². The minimum atomic E-state index is -0.123. The van der Waals surface area contributed by atoms with Crippen LogP contribution < -0.4 is 14.7 Å². The molecule has 160 valence electrons. The van der Waals surface area contributed by atoms with Crippen molar-refractivity contribution in [3.63, 3.8) is 0 Å². The quantitative estimate of drug-likeness (QED) is 0.422. The zero-order valence-corrected chi connectivity index (χ0v) is 17.9. The molecule has 0 saturated heterocycles. The van der Waals surface area contributed by atoms with Crippen LogP contribution in [0.15, 0.2) is 12.1 Å². The van der Waals surface area contributed by atoms with Gasteiger partial charge in [-0.1, -0.05) is 6.07 Å². The van der Waals surface area contributed by atoms with Gasteiger partial charge in [0, 0.05) is 32.6 Å². The monoisotopic (exact) mass is 405 g/mol. The number of nitrogens with zero attached hydrogens (tertiary/aromatic N) is 3. The predicted octanol–water partition coefficient (Wildman–Crippen LogP) is -0.626. The van der Waals surface area contributed by atoms with Crippen LogP contribution in [-0.4, -0.2) is 80.0 Å². The van der Waals surface area contributed by atoms with Gasteiger partial charge in [-0.15, -0.1) is 5.10 Å². The van der Waals surface area contributed by atoms with Crippen LogP contribution in [-0.2, 0) is 22.4 Å². The molecular weight excluding hydrogens is 372 g/mol. The summed E-state index contributed by atoms with van der Waals surface area (Å²) in [6.45, 7) is 8.33. The van der Waals surface area contributed by atoms with Gasteiger partial charge in [0.1, 0.15) is 5.75 Å². The number of likely N-dealkylation sites (N-methyl/N-ethyl adjacent to an activating group) is 1. The van der Waals surface area contributed by atoms with Crippen molar-refractivity contribution >= 4 is 24.2 Å². The fourth-order valence-corrected chi connectivity index (χ4v) is 3.62. The number of amides is 2. The van der Waals surface area contributed by atoms with Crippen LogP contribution >= 0.6 is 0 Å². The number of rotatable bonds is 9. The maximum atomic E-state index is 12.2. The third-order valence-corrected chi connectivity index (χ3v) is 5.25. The van der Waals surface area contributed by atoms with Gasteiger partial charge in [0.2, 0.25) is 5.91 Å². The lowest BCUT2D eigenvalue weighted by atomic mass is 9.92. The number of nitrogens with one attached hydrogen (secondary N) is 1. The first-order valence-corrected chi connectivity index (χ1v) is 9.96. The van der Waals surface area contributed by atoms with E-state index in [2.05, 4.69) is 11.8 Å². The Hall–Kier alpha value is -2.61. The Morgan fingerprint density at radius 3 is 2.66 bits per heavy atom. The van der Waals surface area contributed by atoms with Crippen LogP contribution in [0.2, 0.25) is 0 Å². The SMILES string of the molecule is C=[NH+]N(CCO)CCc1ccc2c(c1OCC(=O)N(C)C)CC[C@H](C)N2C(C)=O. The smallest absolute Gasteiger partial charge is 0.259 e. The number of fused-ring (bicyclic) bond motifs is 1. The second kappa shape index (κ2) is 10.2. The first kappa shape index (κ1) is 22.7. The highest BCUT2D eigenvalue weighted by atomic mass is 16.5. The number of anilines is 1. The minimum Gasteiger partial charge on any atom is -0.483 e. The third-order valence-electron chi connectivity index (χ3n) is 5.25. The van der Waals surface area contributed by atoms with Crippen molar-refractivity contribution in [2.75, 3.05) is 45.3 Å². The summed E-state index contributed by atoms with van der Waals surface area (Å²) in [4.78, 5) is 27.6. The van der Waals surface area contributed by atoms with Crippen molar-refractivity contribution in [2.24, 2.45) is 0 Å². The van der Waals surface area contributed by atoms with Gasteiger partial charge in [0.15, 0.2) is 13.3 Å². The fourth-order valence-electron chi connectivity index (χ4n) is 3.62. The summed E-state index contributed by atoms with van der Waals surface area (Å²) in [5.41, 5.74) is 2.79. The molecule has 2 N–H and O–H groups in total. The Morgan fingerprint density at radius 1 is 1.34 bits per heavy atom. The van der Waals surface area contributed by atoms with Crippen LogP contribution in [0.3, 0.4) is 0 Å². The van der Waals surface area contributed by atoms with E-state index in [4.69, 9.17) is 9.84 Å². The van der Waals surface area contributed by atoms with Crippen molar-refractivity contribution in [1.29, 1.82) is 0 Å². The largest absolute Gasteiger partial charge is 0.483 e. The third kappa shape index (κ3) is 5.47. The second-order valence-electron chi connectivity index (χ2n) is 7.52. The number of carbonyl (C=O) groups is 2. The second-order valence-corrected chi connectivity index (χ2v) is 7.52. The molecule has 1 aliphatic heterocycles. The molecule has 0 aromatic heterocycles. The predicted molar refractivity (Wildman–Crippen MR) is 112 cm³/mol. The maximum absolute atomic E-state index is 12.2. The summed E-state index contributed by atoms with van der Waals surface area (Å²) in [7, 11) is 3.39. The Morgan fingerprint density at radius 2 is 2.07 bits per heavy atom. The number of hydrazone groups is 1. The highest BCUT2D eigenvalue weighted by Crippen LogP contribution is 2.39. The van der Waals surface area contributed by atoms with Crippen LogP contribution in [0, 0.1) is 0 Å². The molecule has 1 heterocycles. The molecule has 8 nitrogen and oxygen atoms in total. The summed E-state index contributed by atoms with van der Waals surface area (Å²) in [6, 6.07) is 4.05. The number of aliphatic hydroxyl groups is 1. The number of hydrazine groups is 1. The average molecular weight is 406 g/mol. The van der Waals surface area contributed by atoms with E-state index in [-0.39, 0.29) is 31.1 Å². The molecule has 0 saturated carbocycles. The molecule has 2 rings (SSSR count). The van der Waals surface area contributed by atoms with Gasteiger partial charge < -0.3 is 19.6 Å². The summed E-state index contributed by atoms with van der Waals surface area (Å²) >= 11 is 0. The van der Waals surface area contributed by atoms with Gasteiger partial charge in [0.05, 0.1) is 25.4 Å². The number of hydrogen-bond donors (Lipinski definition) is 2. The van der Waals surface area contributed by atoms with Crippen LogP contribution in [0.25, 0.3) is 0 Å². The van der Waals surface area contributed by atoms with Crippen LogP contribution in [0.1, 0.15) is 31.4 Å². The van der Waals surface area contributed by atoms with Gasteiger partial charge in [-0.3, -0.25) is 9.59 Å². The Balaban J connectivity index is 2.38. The molecule has 2 amide bonds. The van der Waals surface area contributed by atoms with Gasteiger partial charge >= 0.3 is 0 Å². The highest BCUT2D eigenvalue weighted by molar-refractivity contribution is 5.94. The highest BCUT2D eigenvalue weighted by Gasteiger charge is 2.29. The number of ether oxygens (including phenoxy) is 1. The van der Waals surface area contributed by atoms with E-state index in [0.29, 0.717) is 25.3 Å². The van der Waals surface area contributed by atoms with Gasteiger partial charge in [-0.25, -0.2) is 0 Å². The molecule has 29 heavy (non-hydrogen) atoms. The van der Waals surface area contributed by atoms with Crippen molar-refractivity contribution in [2.45, 2.75) is 39.2 Å². The minimum absolute atomic E-state index is 0.00287. The van der Waals surface area contributed by atoms with Gasteiger partial charge in [0.25, 0.3) is 5.91 Å². The molecule has 0 bridgehead atoms. The number of carbonyl (C=O) groups excluding carboxylic acids is 2. The molecule has 0 aliphatic carbocycles. The Bertz CT molecular complexity index is 750. The number of aliphatic hydroxyl groups excluding tert-OH is 1.